The van der Waals surface area contributed by atoms with Gasteiger partial charge in [-0.05, 0) is 30.2 Å². The van der Waals surface area contributed by atoms with Crippen molar-refractivity contribution >= 4 is 32.6 Å². The standard InChI is InChI=1S/C16H17BrN2O/c17-14-7-3-5-12(14)10-19-16(20)15-13-6-2-1-4-11(13)8-9-18-15/h1-2,4,6,8-9,12,14H,3,5,7,10H2,(H,19,20). The molecule has 3 rings (SSSR count). The zero-order valence-electron chi connectivity index (χ0n) is 11.2. The van der Waals surface area contributed by atoms with Gasteiger partial charge >= 0.3 is 0 Å². The number of rotatable bonds is 3. The first-order chi connectivity index (χ1) is 9.75. The molecule has 2 aromatic rings. The van der Waals surface area contributed by atoms with Crippen molar-refractivity contribution in [2.75, 3.05) is 6.54 Å². The fourth-order valence-corrected chi connectivity index (χ4v) is 3.60. The summed E-state index contributed by atoms with van der Waals surface area (Å²) in [6, 6.07) is 9.78. The number of aromatic nitrogens is 1. The summed E-state index contributed by atoms with van der Waals surface area (Å²) >= 11 is 3.68. The van der Waals surface area contributed by atoms with Gasteiger partial charge in [0.15, 0.2) is 0 Å². The normalized spacial score (nSPS) is 22.1. The zero-order valence-corrected chi connectivity index (χ0v) is 12.8. The number of hydrogen-bond acceptors (Lipinski definition) is 2. The Hall–Kier alpha value is -1.42. The molecule has 0 spiro atoms. The number of fused-ring (bicyclic) bond motifs is 1. The van der Waals surface area contributed by atoms with Crippen molar-refractivity contribution in [3.8, 4) is 0 Å². The van der Waals surface area contributed by atoms with E-state index in [2.05, 4.69) is 26.2 Å². The van der Waals surface area contributed by atoms with Crippen LogP contribution in [0.3, 0.4) is 0 Å². The molecule has 1 N–H and O–H groups in total. The van der Waals surface area contributed by atoms with Crippen LogP contribution >= 0.6 is 15.9 Å². The van der Waals surface area contributed by atoms with Gasteiger partial charge in [-0.1, -0.05) is 46.6 Å². The quantitative estimate of drug-likeness (QED) is 0.873. The van der Waals surface area contributed by atoms with Crippen molar-refractivity contribution in [2.24, 2.45) is 5.92 Å². The van der Waals surface area contributed by atoms with Gasteiger partial charge in [-0.2, -0.15) is 0 Å². The summed E-state index contributed by atoms with van der Waals surface area (Å²) in [5.41, 5.74) is 0.521. The van der Waals surface area contributed by atoms with Gasteiger partial charge in [-0.15, -0.1) is 0 Å². The minimum absolute atomic E-state index is 0.0756. The van der Waals surface area contributed by atoms with Crippen LogP contribution in [-0.2, 0) is 0 Å². The smallest absolute Gasteiger partial charge is 0.270 e. The van der Waals surface area contributed by atoms with Crippen LogP contribution < -0.4 is 5.32 Å². The minimum atomic E-state index is -0.0756. The van der Waals surface area contributed by atoms with Crippen molar-refractivity contribution in [1.29, 1.82) is 0 Å². The number of alkyl halides is 1. The summed E-state index contributed by atoms with van der Waals surface area (Å²) in [6.45, 7) is 0.722. The number of nitrogens with one attached hydrogen (secondary N) is 1. The summed E-state index contributed by atoms with van der Waals surface area (Å²) in [7, 11) is 0. The minimum Gasteiger partial charge on any atom is -0.350 e. The van der Waals surface area contributed by atoms with Crippen LogP contribution in [0.4, 0.5) is 0 Å². The number of nitrogens with zero attached hydrogens (tertiary/aromatic N) is 1. The molecular weight excluding hydrogens is 316 g/mol. The fraction of sp³-hybridized carbons (Fsp3) is 0.375. The molecule has 1 aliphatic carbocycles. The van der Waals surface area contributed by atoms with E-state index in [0.29, 0.717) is 16.4 Å². The van der Waals surface area contributed by atoms with Gasteiger partial charge in [0.1, 0.15) is 5.69 Å². The fourth-order valence-electron chi connectivity index (χ4n) is 2.83. The van der Waals surface area contributed by atoms with Crippen molar-refractivity contribution in [2.45, 2.75) is 24.1 Å². The highest BCUT2D eigenvalue weighted by Crippen LogP contribution is 2.30. The maximum atomic E-state index is 12.3. The maximum absolute atomic E-state index is 12.3. The van der Waals surface area contributed by atoms with Gasteiger partial charge in [-0.3, -0.25) is 9.78 Å². The van der Waals surface area contributed by atoms with Crippen molar-refractivity contribution in [3.05, 3.63) is 42.2 Å². The van der Waals surface area contributed by atoms with Gasteiger partial charge < -0.3 is 5.32 Å². The van der Waals surface area contributed by atoms with E-state index in [9.17, 15) is 4.79 Å². The Morgan fingerprint density at radius 2 is 2.15 bits per heavy atom. The predicted octanol–water partition coefficient (Wildman–Crippen LogP) is 3.53. The second-order valence-electron chi connectivity index (χ2n) is 5.30. The third kappa shape index (κ3) is 2.70. The topological polar surface area (TPSA) is 42.0 Å². The monoisotopic (exact) mass is 332 g/mol. The van der Waals surface area contributed by atoms with Crippen LogP contribution in [0.25, 0.3) is 10.8 Å². The lowest BCUT2D eigenvalue weighted by Crippen LogP contribution is -2.31. The Bertz CT molecular complexity index is 623. The Balaban J connectivity index is 1.75. The number of carbonyl (C=O) groups excluding carboxylic acids is 1. The molecule has 0 aliphatic heterocycles. The molecule has 1 aromatic carbocycles. The highest BCUT2D eigenvalue weighted by Gasteiger charge is 2.25. The van der Waals surface area contributed by atoms with E-state index in [1.807, 2.05) is 30.3 Å². The molecule has 0 radical (unpaired) electrons. The Morgan fingerprint density at radius 3 is 2.95 bits per heavy atom. The number of pyridine rings is 1. The van der Waals surface area contributed by atoms with Crippen LogP contribution in [0.5, 0.6) is 0 Å². The van der Waals surface area contributed by atoms with Gasteiger partial charge in [-0.25, -0.2) is 0 Å². The molecular formula is C16H17BrN2O. The summed E-state index contributed by atoms with van der Waals surface area (Å²) in [4.78, 5) is 17.1. The maximum Gasteiger partial charge on any atom is 0.270 e. The third-order valence-electron chi connectivity index (χ3n) is 3.98. The molecule has 104 valence electrons. The van der Waals surface area contributed by atoms with Gasteiger partial charge in [0.25, 0.3) is 5.91 Å². The molecule has 1 aliphatic rings. The molecule has 1 saturated carbocycles. The number of amides is 1. The number of carbonyl (C=O) groups is 1. The van der Waals surface area contributed by atoms with E-state index in [4.69, 9.17) is 0 Å². The average Bonchev–Trinajstić information content (AvgIpc) is 2.89. The lowest BCUT2D eigenvalue weighted by molar-refractivity contribution is 0.0944. The van der Waals surface area contributed by atoms with Crippen LogP contribution in [-0.4, -0.2) is 22.3 Å². The second kappa shape index (κ2) is 5.92. The molecule has 1 amide bonds. The Labute approximate surface area is 126 Å². The summed E-state index contributed by atoms with van der Waals surface area (Å²) in [5, 5.41) is 4.99. The summed E-state index contributed by atoms with van der Waals surface area (Å²) in [5.74, 6) is 0.460. The van der Waals surface area contributed by atoms with E-state index in [1.165, 1.54) is 19.3 Å². The zero-order chi connectivity index (χ0) is 13.9. The molecule has 2 unspecified atom stereocenters. The first-order valence-electron chi connectivity index (χ1n) is 7.02. The Morgan fingerprint density at radius 1 is 1.30 bits per heavy atom. The molecule has 0 bridgehead atoms. The summed E-state index contributed by atoms with van der Waals surface area (Å²) < 4.78 is 0. The SMILES string of the molecule is O=C(NCC1CCCC1Br)c1nccc2ccccc12. The second-order valence-corrected chi connectivity index (χ2v) is 6.47. The van der Waals surface area contributed by atoms with Crippen molar-refractivity contribution in [1.82, 2.24) is 10.3 Å². The number of benzene rings is 1. The lowest BCUT2D eigenvalue weighted by atomic mass is 10.1. The first kappa shape index (κ1) is 13.6. The van der Waals surface area contributed by atoms with E-state index in [-0.39, 0.29) is 5.91 Å². The molecule has 3 nitrogen and oxygen atoms in total. The molecule has 20 heavy (non-hydrogen) atoms. The van der Waals surface area contributed by atoms with Crippen LogP contribution in [0.2, 0.25) is 0 Å². The molecule has 2 atom stereocenters. The number of hydrogen-bond donors (Lipinski definition) is 1. The third-order valence-corrected chi connectivity index (χ3v) is 5.19. The van der Waals surface area contributed by atoms with Crippen molar-refractivity contribution < 1.29 is 4.79 Å². The molecule has 1 fully saturated rings. The first-order valence-corrected chi connectivity index (χ1v) is 7.93. The van der Waals surface area contributed by atoms with Gasteiger partial charge in [0.05, 0.1) is 0 Å². The Kier molecular flexibility index (Phi) is 4.01. The predicted molar refractivity (Wildman–Crippen MR) is 84.1 cm³/mol. The molecule has 4 heteroatoms. The van der Waals surface area contributed by atoms with Crippen LogP contribution in [0, 0.1) is 5.92 Å². The largest absolute Gasteiger partial charge is 0.350 e. The van der Waals surface area contributed by atoms with Crippen LogP contribution in [0.15, 0.2) is 36.5 Å². The van der Waals surface area contributed by atoms with Gasteiger partial charge in [0.2, 0.25) is 0 Å². The van der Waals surface area contributed by atoms with E-state index >= 15 is 0 Å². The highest BCUT2D eigenvalue weighted by molar-refractivity contribution is 9.09. The molecule has 1 aromatic heterocycles. The van der Waals surface area contributed by atoms with E-state index in [1.54, 1.807) is 6.20 Å². The van der Waals surface area contributed by atoms with E-state index in [0.717, 1.165) is 17.3 Å². The summed E-state index contributed by atoms with van der Waals surface area (Å²) in [6.07, 6.45) is 5.31. The van der Waals surface area contributed by atoms with E-state index < -0.39 is 0 Å². The molecule has 0 saturated heterocycles. The highest BCUT2D eigenvalue weighted by atomic mass is 79.9. The molecule has 1 heterocycles. The number of halogens is 1. The lowest BCUT2D eigenvalue weighted by Gasteiger charge is -2.15. The van der Waals surface area contributed by atoms with Gasteiger partial charge in [0, 0.05) is 23.0 Å². The average molecular weight is 333 g/mol. The van der Waals surface area contributed by atoms with Crippen molar-refractivity contribution in [3.63, 3.8) is 0 Å². The van der Waals surface area contributed by atoms with Crippen LogP contribution in [0.1, 0.15) is 29.8 Å².